The molecule has 4 rings (SSSR count). The molecule has 2 amide bonds. The average molecular weight is 400 g/mol. The van der Waals surface area contributed by atoms with Crippen LogP contribution in [-0.2, 0) is 0 Å². The predicted molar refractivity (Wildman–Crippen MR) is 117 cm³/mol. The molecule has 4 aromatic rings. The molecule has 2 aromatic carbocycles. The molecule has 0 spiro atoms. The molecule has 0 bridgehead atoms. The first-order valence-electron chi connectivity index (χ1n) is 9.30. The Morgan fingerprint density at radius 1 is 1.03 bits per heavy atom. The van der Waals surface area contributed by atoms with E-state index in [4.69, 9.17) is 5.73 Å². The van der Waals surface area contributed by atoms with Gasteiger partial charge in [-0.25, -0.2) is 14.8 Å². The molecule has 5 N–H and O–H groups in total. The van der Waals surface area contributed by atoms with Gasteiger partial charge in [-0.05, 0) is 43.2 Å². The van der Waals surface area contributed by atoms with Crippen molar-refractivity contribution < 1.29 is 9.59 Å². The van der Waals surface area contributed by atoms with Crippen molar-refractivity contribution >= 4 is 40.0 Å². The van der Waals surface area contributed by atoms with Gasteiger partial charge in [-0.3, -0.25) is 4.79 Å². The summed E-state index contributed by atoms with van der Waals surface area (Å²) >= 11 is 0. The van der Waals surface area contributed by atoms with Gasteiger partial charge in [0.15, 0.2) is 5.78 Å². The van der Waals surface area contributed by atoms with E-state index in [0.29, 0.717) is 27.8 Å². The van der Waals surface area contributed by atoms with Crippen LogP contribution in [-0.4, -0.2) is 26.8 Å². The molecule has 0 aliphatic heterocycles. The van der Waals surface area contributed by atoms with E-state index in [9.17, 15) is 9.59 Å². The van der Waals surface area contributed by atoms with Gasteiger partial charge >= 0.3 is 6.03 Å². The van der Waals surface area contributed by atoms with Gasteiger partial charge in [0.05, 0.1) is 10.9 Å². The van der Waals surface area contributed by atoms with Gasteiger partial charge < -0.3 is 21.4 Å². The van der Waals surface area contributed by atoms with Gasteiger partial charge in [0.2, 0.25) is 0 Å². The van der Waals surface area contributed by atoms with Gasteiger partial charge in [0, 0.05) is 23.1 Å². The highest BCUT2D eigenvalue weighted by molar-refractivity contribution is 6.18. The number of H-pyrrole nitrogens is 1. The molecule has 8 nitrogen and oxygen atoms in total. The van der Waals surface area contributed by atoms with Crippen molar-refractivity contribution in [2.45, 2.75) is 13.8 Å². The molecule has 0 saturated heterocycles. The van der Waals surface area contributed by atoms with Gasteiger partial charge in [-0.15, -0.1) is 0 Å². The van der Waals surface area contributed by atoms with Crippen LogP contribution in [0.5, 0.6) is 0 Å². The standard InChI is InChI=1S/C22H20N6O2/c1-12-6-7-13(2)17(8-12)28-22(30)27-15-5-3-4-14(9-15)19(29)16-10-24-21-18(16)20(23)25-11-26-21/h3-11H,1-2H3,(H2,27,28,30)(H3,23,24,25,26). The SMILES string of the molecule is Cc1ccc(C)c(NC(=O)Nc2cccc(C(=O)c3c[nH]c4ncnc(N)c34)c2)c1. The fraction of sp³-hybridized carbons (Fsp3) is 0.0909. The minimum atomic E-state index is -0.391. The van der Waals surface area contributed by atoms with Crippen molar-refractivity contribution in [3.05, 3.63) is 77.2 Å². The van der Waals surface area contributed by atoms with Crippen LogP contribution in [0, 0.1) is 13.8 Å². The number of hydrogen-bond donors (Lipinski definition) is 4. The number of rotatable bonds is 4. The monoisotopic (exact) mass is 400 g/mol. The van der Waals surface area contributed by atoms with E-state index in [0.717, 1.165) is 16.8 Å². The lowest BCUT2D eigenvalue weighted by molar-refractivity contribution is 0.104. The molecule has 0 aliphatic rings. The molecule has 2 heterocycles. The second-order valence-electron chi connectivity index (χ2n) is 6.99. The zero-order chi connectivity index (χ0) is 21.3. The number of aromatic amines is 1. The Morgan fingerprint density at radius 2 is 1.87 bits per heavy atom. The number of benzene rings is 2. The number of aryl methyl sites for hydroxylation is 2. The van der Waals surface area contributed by atoms with Crippen LogP contribution in [0.25, 0.3) is 11.0 Å². The molecule has 8 heteroatoms. The van der Waals surface area contributed by atoms with E-state index in [2.05, 4.69) is 25.6 Å². The number of nitrogens with zero attached hydrogens (tertiary/aromatic N) is 2. The Balaban J connectivity index is 1.56. The summed E-state index contributed by atoms with van der Waals surface area (Å²) in [5.74, 6) is -0.0203. The van der Waals surface area contributed by atoms with Crippen LogP contribution in [0.1, 0.15) is 27.0 Å². The zero-order valence-corrected chi connectivity index (χ0v) is 16.5. The first-order valence-corrected chi connectivity index (χ1v) is 9.30. The Morgan fingerprint density at radius 3 is 2.70 bits per heavy atom. The number of fused-ring (bicyclic) bond motifs is 1. The molecular formula is C22H20N6O2. The number of aromatic nitrogens is 3. The van der Waals surface area contributed by atoms with E-state index >= 15 is 0 Å². The van der Waals surface area contributed by atoms with Crippen molar-refractivity contribution in [3.63, 3.8) is 0 Å². The maximum atomic E-state index is 13.0. The summed E-state index contributed by atoms with van der Waals surface area (Å²) in [6.45, 7) is 3.88. The van der Waals surface area contributed by atoms with Gasteiger partial charge in [0.1, 0.15) is 17.8 Å². The van der Waals surface area contributed by atoms with Crippen molar-refractivity contribution in [2.24, 2.45) is 0 Å². The number of hydrogen-bond acceptors (Lipinski definition) is 5. The van der Waals surface area contributed by atoms with Crippen LogP contribution in [0.2, 0.25) is 0 Å². The summed E-state index contributed by atoms with van der Waals surface area (Å²) < 4.78 is 0. The lowest BCUT2D eigenvalue weighted by atomic mass is 10.0. The van der Waals surface area contributed by atoms with E-state index in [1.54, 1.807) is 30.5 Å². The van der Waals surface area contributed by atoms with Crippen LogP contribution >= 0.6 is 0 Å². The minimum absolute atomic E-state index is 0.229. The molecule has 0 unspecified atom stereocenters. The fourth-order valence-electron chi connectivity index (χ4n) is 3.21. The lowest BCUT2D eigenvalue weighted by Crippen LogP contribution is -2.20. The molecule has 150 valence electrons. The highest BCUT2D eigenvalue weighted by Crippen LogP contribution is 2.24. The van der Waals surface area contributed by atoms with Crippen molar-refractivity contribution in [1.29, 1.82) is 0 Å². The Labute approximate surface area is 172 Å². The van der Waals surface area contributed by atoms with Crippen LogP contribution in [0.4, 0.5) is 22.0 Å². The van der Waals surface area contributed by atoms with Crippen molar-refractivity contribution in [1.82, 2.24) is 15.0 Å². The van der Waals surface area contributed by atoms with E-state index in [1.165, 1.54) is 6.33 Å². The normalized spacial score (nSPS) is 10.7. The van der Waals surface area contributed by atoms with Gasteiger partial charge in [-0.1, -0.05) is 24.3 Å². The predicted octanol–water partition coefficient (Wildman–Crippen LogP) is 4.03. The average Bonchev–Trinajstić information content (AvgIpc) is 3.16. The number of carbonyl (C=O) groups excluding carboxylic acids is 2. The molecule has 0 aliphatic carbocycles. The number of amides is 2. The summed E-state index contributed by atoms with van der Waals surface area (Å²) in [5, 5.41) is 6.08. The number of nitrogen functional groups attached to an aromatic ring is 1. The smallest absolute Gasteiger partial charge is 0.323 e. The van der Waals surface area contributed by atoms with E-state index in [-0.39, 0.29) is 11.6 Å². The molecule has 0 fully saturated rings. The third kappa shape index (κ3) is 3.70. The second kappa shape index (κ2) is 7.67. The molecule has 2 aromatic heterocycles. The van der Waals surface area contributed by atoms with Crippen LogP contribution in [0.15, 0.2) is 55.0 Å². The topological polar surface area (TPSA) is 126 Å². The van der Waals surface area contributed by atoms with Crippen LogP contribution < -0.4 is 16.4 Å². The summed E-state index contributed by atoms with van der Waals surface area (Å²) in [7, 11) is 0. The van der Waals surface area contributed by atoms with E-state index in [1.807, 2.05) is 32.0 Å². The van der Waals surface area contributed by atoms with Crippen LogP contribution in [0.3, 0.4) is 0 Å². The quantitative estimate of drug-likeness (QED) is 0.385. The maximum Gasteiger partial charge on any atom is 0.323 e. The Bertz CT molecular complexity index is 1280. The Hall–Kier alpha value is -4.20. The zero-order valence-electron chi connectivity index (χ0n) is 16.5. The molecule has 30 heavy (non-hydrogen) atoms. The molecule has 0 radical (unpaired) electrons. The maximum absolute atomic E-state index is 13.0. The highest BCUT2D eigenvalue weighted by Gasteiger charge is 2.18. The summed E-state index contributed by atoms with van der Waals surface area (Å²) in [4.78, 5) is 36.4. The third-order valence-electron chi connectivity index (χ3n) is 4.77. The summed E-state index contributed by atoms with van der Waals surface area (Å²) in [6, 6.07) is 12.1. The first-order chi connectivity index (χ1) is 14.4. The third-order valence-corrected chi connectivity index (χ3v) is 4.77. The largest absolute Gasteiger partial charge is 0.383 e. The lowest BCUT2D eigenvalue weighted by Gasteiger charge is -2.11. The fourth-order valence-corrected chi connectivity index (χ4v) is 3.21. The molecular weight excluding hydrogens is 380 g/mol. The number of urea groups is 1. The van der Waals surface area contributed by atoms with Gasteiger partial charge in [-0.2, -0.15) is 0 Å². The second-order valence-corrected chi connectivity index (χ2v) is 6.99. The van der Waals surface area contributed by atoms with E-state index < -0.39 is 6.03 Å². The van der Waals surface area contributed by atoms with Crippen molar-refractivity contribution in [3.8, 4) is 0 Å². The minimum Gasteiger partial charge on any atom is -0.383 e. The highest BCUT2D eigenvalue weighted by atomic mass is 16.2. The molecule has 0 atom stereocenters. The van der Waals surface area contributed by atoms with Gasteiger partial charge in [0.25, 0.3) is 0 Å². The number of carbonyl (C=O) groups is 2. The Kier molecular flexibility index (Phi) is 4.89. The first kappa shape index (κ1) is 19.1. The summed E-state index contributed by atoms with van der Waals surface area (Å²) in [6.07, 6.45) is 2.90. The number of ketones is 1. The number of nitrogens with two attached hydrogens (primary N) is 1. The molecule has 0 saturated carbocycles. The number of anilines is 3. The number of nitrogens with one attached hydrogen (secondary N) is 3. The summed E-state index contributed by atoms with van der Waals surface area (Å²) in [5.41, 5.74) is 10.4. The van der Waals surface area contributed by atoms with Crippen molar-refractivity contribution in [2.75, 3.05) is 16.4 Å².